The highest BCUT2D eigenvalue weighted by Crippen LogP contribution is 2.40. The highest BCUT2D eigenvalue weighted by Gasteiger charge is 2.35. The summed E-state index contributed by atoms with van der Waals surface area (Å²) in [5.41, 5.74) is 9.44. The molecule has 1 unspecified atom stereocenters. The Morgan fingerprint density at radius 2 is 1.47 bits per heavy atom. The van der Waals surface area contributed by atoms with E-state index in [-0.39, 0.29) is 10.6 Å². The molecule has 5 aromatic rings. The van der Waals surface area contributed by atoms with Gasteiger partial charge in [-0.1, -0.05) is 83.9 Å². The monoisotopic (exact) mass is 523 g/mol. The minimum atomic E-state index is -4.57. The van der Waals surface area contributed by atoms with Gasteiger partial charge in [0.2, 0.25) is 0 Å². The van der Waals surface area contributed by atoms with Crippen LogP contribution in [-0.4, -0.2) is 10.2 Å². The molecule has 36 heavy (non-hydrogen) atoms. The number of fused-ring (bicyclic) bond motifs is 1. The standard InChI is InChI=1S/C28H18Cl2F3N3/c29-19-12-13-22(28(31,32)33)21(15-19)25(34)18-9-4-8-17(14-18)24-20-10-5-11-23(30)27(20)36-35-26(24)16-6-2-1-3-7-16/h1-15,25H,34H2. The van der Waals surface area contributed by atoms with Crippen molar-refractivity contribution in [3.05, 3.63) is 118 Å². The summed E-state index contributed by atoms with van der Waals surface area (Å²) in [4.78, 5) is 0. The molecule has 0 fully saturated rings. The minimum absolute atomic E-state index is 0.101. The zero-order valence-electron chi connectivity index (χ0n) is 18.6. The Hall–Kier alpha value is -3.45. The fraction of sp³-hybridized carbons (Fsp3) is 0.0714. The highest BCUT2D eigenvalue weighted by molar-refractivity contribution is 6.35. The highest BCUT2D eigenvalue weighted by atomic mass is 35.5. The molecule has 2 N–H and O–H groups in total. The van der Waals surface area contributed by atoms with Crippen LogP contribution in [0.5, 0.6) is 0 Å². The summed E-state index contributed by atoms with van der Waals surface area (Å²) in [6, 6.07) is 24.4. The predicted molar refractivity (Wildman–Crippen MR) is 138 cm³/mol. The molecule has 0 spiro atoms. The summed E-state index contributed by atoms with van der Waals surface area (Å²) < 4.78 is 41.2. The Balaban J connectivity index is 1.72. The number of halogens is 5. The number of aromatic nitrogens is 2. The van der Waals surface area contributed by atoms with Gasteiger partial charge in [0, 0.05) is 21.5 Å². The SMILES string of the molecule is NC(c1cccc(-c2c(-c3ccccc3)nnc3c(Cl)cccc23)c1)c1cc(Cl)ccc1C(F)(F)F. The Morgan fingerprint density at radius 3 is 2.22 bits per heavy atom. The molecule has 0 bridgehead atoms. The third-order valence-electron chi connectivity index (χ3n) is 5.98. The van der Waals surface area contributed by atoms with Gasteiger partial charge < -0.3 is 5.73 Å². The van der Waals surface area contributed by atoms with Crippen LogP contribution in [0.3, 0.4) is 0 Å². The lowest BCUT2D eigenvalue weighted by molar-refractivity contribution is -0.138. The first kappa shape index (κ1) is 24.3. The van der Waals surface area contributed by atoms with Crippen LogP contribution in [0.1, 0.15) is 22.7 Å². The van der Waals surface area contributed by atoms with Crippen molar-refractivity contribution in [2.75, 3.05) is 0 Å². The zero-order chi connectivity index (χ0) is 25.4. The summed E-state index contributed by atoms with van der Waals surface area (Å²) in [6.07, 6.45) is -4.57. The molecule has 180 valence electrons. The molecule has 0 aliphatic rings. The third-order valence-corrected chi connectivity index (χ3v) is 6.52. The molecule has 1 heterocycles. The van der Waals surface area contributed by atoms with Crippen LogP contribution in [0.4, 0.5) is 13.2 Å². The van der Waals surface area contributed by atoms with E-state index in [1.807, 2.05) is 48.5 Å². The van der Waals surface area contributed by atoms with Crippen LogP contribution in [-0.2, 0) is 6.18 Å². The van der Waals surface area contributed by atoms with Crippen molar-refractivity contribution < 1.29 is 13.2 Å². The molecule has 0 aliphatic heterocycles. The van der Waals surface area contributed by atoms with Crippen LogP contribution in [0.2, 0.25) is 10.0 Å². The number of hydrogen-bond donors (Lipinski definition) is 1. The Bertz CT molecular complexity index is 1570. The molecule has 1 atom stereocenters. The van der Waals surface area contributed by atoms with E-state index in [1.54, 1.807) is 24.3 Å². The largest absolute Gasteiger partial charge is 0.416 e. The van der Waals surface area contributed by atoms with Crippen LogP contribution in [0.15, 0.2) is 91.0 Å². The molecule has 0 aliphatic carbocycles. The van der Waals surface area contributed by atoms with E-state index in [2.05, 4.69) is 10.2 Å². The number of benzene rings is 4. The molecule has 1 aromatic heterocycles. The lowest BCUT2D eigenvalue weighted by Gasteiger charge is -2.20. The van der Waals surface area contributed by atoms with Gasteiger partial charge >= 0.3 is 6.18 Å². The summed E-state index contributed by atoms with van der Waals surface area (Å²) in [6.45, 7) is 0. The smallest absolute Gasteiger partial charge is 0.320 e. The van der Waals surface area contributed by atoms with Crippen molar-refractivity contribution in [2.45, 2.75) is 12.2 Å². The second-order valence-electron chi connectivity index (χ2n) is 8.26. The number of alkyl halides is 3. The first-order valence-electron chi connectivity index (χ1n) is 11.0. The van der Waals surface area contributed by atoms with Gasteiger partial charge in [0.1, 0.15) is 11.2 Å². The summed E-state index contributed by atoms with van der Waals surface area (Å²) in [7, 11) is 0. The van der Waals surface area contributed by atoms with E-state index in [9.17, 15) is 13.2 Å². The van der Waals surface area contributed by atoms with Gasteiger partial charge in [0.05, 0.1) is 16.6 Å². The molecule has 8 heteroatoms. The maximum absolute atomic E-state index is 13.7. The van der Waals surface area contributed by atoms with E-state index in [0.717, 1.165) is 28.1 Å². The van der Waals surface area contributed by atoms with Crippen molar-refractivity contribution in [1.29, 1.82) is 0 Å². The molecule has 4 aromatic carbocycles. The van der Waals surface area contributed by atoms with E-state index < -0.39 is 17.8 Å². The van der Waals surface area contributed by atoms with Crippen molar-refractivity contribution >= 4 is 34.1 Å². The number of hydrogen-bond acceptors (Lipinski definition) is 3. The topological polar surface area (TPSA) is 51.8 Å². The van der Waals surface area contributed by atoms with Crippen molar-refractivity contribution in [2.24, 2.45) is 5.73 Å². The lowest BCUT2D eigenvalue weighted by Crippen LogP contribution is -2.18. The first-order valence-corrected chi connectivity index (χ1v) is 11.7. The molecule has 3 nitrogen and oxygen atoms in total. The summed E-state index contributed by atoms with van der Waals surface area (Å²) >= 11 is 12.5. The van der Waals surface area contributed by atoms with Crippen LogP contribution in [0.25, 0.3) is 33.3 Å². The quantitative estimate of drug-likeness (QED) is 0.257. The molecule has 0 radical (unpaired) electrons. The molecule has 5 rings (SSSR count). The molecular formula is C28H18Cl2F3N3. The van der Waals surface area contributed by atoms with Crippen LogP contribution in [0, 0.1) is 0 Å². The van der Waals surface area contributed by atoms with Crippen molar-refractivity contribution in [3.63, 3.8) is 0 Å². The van der Waals surface area contributed by atoms with E-state index in [4.69, 9.17) is 28.9 Å². The van der Waals surface area contributed by atoms with Gasteiger partial charge in [-0.05, 0) is 47.0 Å². The maximum atomic E-state index is 13.7. The number of nitrogens with zero attached hydrogens (tertiary/aromatic N) is 2. The average Bonchev–Trinajstić information content (AvgIpc) is 2.87. The predicted octanol–water partition coefficient (Wildman–Crippen LogP) is 8.34. The van der Waals surface area contributed by atoms with Crippen molar-refractivity contribution in [1.82, 2.24) is 10.2 Å². The fourth-order valence-corrected chi connectivity index (χ4v) is 4.70. The fourth-order valence-electron chi connectivity index (χ4n) is 4.30. The molecule has 0 saturated heterocycles. The van der Waals surface area contributed by atoms with E-state index in [1.165, 1.54) is 12.1 Å². The van der Waals surface area contributed by atoms with Crippen molar-refractivity contribution in [3.8, 4) is 22.4 Å². The van der Waals surface area contributed by atoms with Gasteiger partial charge in [0.25, 0.3) is 0 Å². The summed E-state index contributed by atoms with van der Waals surface area (Å²) in [5.74, 6) is 0. The van der Waals surface area contributed by atoms with Gasteiger partial charge in [-0.3, -0.25) is 0 Å². The third kappa shape index (κ3) is 4.55. The number of rotatable bonds is 4. The molecule has 0 amide bonds. The Morgan fingerprint density at radius 1 is 0.750 bits per heavy atom. The van der Waals surface area contributed by atoms with Gasteiger partial charge in [-0.2, -0.15) is 13.2 Å². The Kier molecular flexibility index (Phi) is 6.43. The van der Waals surface area contributed by atoms with Crippen LogP contribution < -0.4 is 5.73 Å². The lowest BCUT2D eigenvalue weighted by atomic mass is 9.90. The zero-order valence-corrected chi connectivity index (χ0v) is 20.1. The van der Waals surface area contributed by atoms with E-state index in [0.29, 0.717) is 21.8 Å². The van der Waals surface area contributed by atoms with Crippen LogP contribution >= 0.6 is 23.2 Å². The van der Waals surface area contributed by atoms with Gasteiger partial charge in [-0.25, -0.2) is 0 Å². The normalized spacial score (nSPS) is 12.6. The average molecular weight is 524 g/mol. The Labute approximate surface area is 215 Å². The minimum Gasteiger partial charge on any atom is -0.320 e. The van der Waals surface area contributed by atoms with Gasteiger partial charge in [-0.15, -0.1) is 10.2 Å². The first-order chi connectivity index (χ1) is 17.2. The van der Waals surface area contributed by atoms with Gasteiger partial charge in [0.15, 0.2) is 0 Å². The number of nitrogens with two attached hydrogens (primary N) is 1. The maximum Gasteiger partial charge on any atom is 0.416 e. The molecule has 0 saturated carbocycles. The molecular weight excluding hydrogens is 506 g/mol. The second-order valence-corrected chi connectivity index (χ2v) is 9.10. The second kappa shape index (κ2) is 9.54. The van der Waals surface area contributed by atoms with E-state index >= 15 is 0 Å². The summed E-state index contributed by atoms with van der Waals surface area (Å²) in [5, 5.41) is 10.2.